The monoisotopic (exact) mass is 341 g/mol. The first-order valence-corrected chi connectivity index (χ1v) is 7.98. The van der Waals surface area contributed by atoms with Crippen molar-refractivity contribution >= 4 is 11.8 Å². The molecule has 1 N–H and O–H groups in total. The highest BCUT2D eigenvalue weighted by Gasteiger charge is 2.33. The van der Waals surface area contributed by atoms with Gasteiger partial charge in [-0.05, 0) is 19.1 Å². The van der Waals surface area contributed by atoms with Gasteiger partial charge in [0.2, 0.25) is 23.6 Å². The molecule has 0 bridgehead atoms. The smallest absolute Gasteiger partial charge is 0.249 e. The van der Waals surface area contributed by atoms with Gasteiger partial charge in [-0.1, -0.05) is 6.08 Å². The number of likely N-dealkylation sites (tertiary alicyclic amines) is 1. The van der Waals surface area contributed by atoms with Crippen LogP contribution in [0.1, 0.15) is 18.0 Å². The topological polar surface area (TPSA) is 101 Å². The Labute approximate surface area is 144 Å². The molecule has 0 aliphatic carbocycles. The van der Waals surface area contributed by atoms with Crippen LogP contribution < -0.4 is 5.32 Å². The lowest BCUT2D eigenvalue weighted by Crippen LogP contribution is -2.32. The number of carbonyl (C=O) groups is 2. The average Bonchev–Trinajstić information content (AvgIpc) is 3.21. The molecule has 0 spiro atoms. The molecule has 2 aromatic heterocycles. The summed E-state index contributed by atoms with van der Waals surface area (Å²) in [5, 5.41) is 10.6. The van der Waals surface area contributed by atoms with Crippen LogP contribution >= 0.6 is 0 Å². The van der Waals surface area contributed by atoms with Crippen LogP contribution in [0.4, 0.5) is 0 Å². The Bertz CT molecular complexity index is 784. The molecule has 3 rings (SSSR count). The van der Waals surface area contributed by atoms with Crippen LogP contribution in [0.15, 0.2) is 35.4 Å². The molecule has 1 fully saturated rings. The summed E-state index contributed by atoms with van der Waals surface area (Å²) >= 11 is 0. The van der Waals surface area contributed by atoms with Crippen molar-refractivity contribution in [3.63, 3.8) is 0 Å². The van der Waals surface area contributed by atoms with Crippen molar-refractivity contribution < 1.29 is 14.0 Å². The van der Waals surface area contributed by atoms with Gasteiger partial charge in [-0.2, -0.15) is 0 Å². The second-order valence-electron chi connectivity index (χ2n) is 5.90. The van der Waals surface area contributed by atoms with Crippen LogP contribution in [0, 0.1) is 12.8 Å². The van der Waals surface area contributed by atoms with Crippen molar-refractivity contribution in [1.29, 1.82) is 0 Å². The molecule has 2 amide bonds. The molecule has 0 radical (unpaired) electrons. The van der Waals surface area contributed by atoms with Crippen molar-refractivity contribution in [2.45, 2.75) is 19.9 Å². The van der Waals surface area contributed by atoms with Crippen molar-refractivity contribution in [1.82, 2.24) is 25.4 Å². The average molecular weight is 341 g/mol. The second kappa shape index (κ2) is 7.25. The fraction of sp³-hybridized carbons (Fsp3) is 0.353. The lowest BCUT2D eigenvalue weighted by Gasteiger charge is -2.13. The first-order valence-electron chi connectivity index (χ1n) is 7.98. The maximum absolute atomic E-state index is 12.2. The van der Waals surface area contributed by atoms with Gasteiger partial charge in [0.1, 0.15) is 0 Å². The molecule has 1 atom stereocenters. The van der Waals surface area contributed by atoms with Gasteiger partial charge in [0.25, 0.3) is 0 Å². The highest BCUT2D eigenvalue weighted by Crippen LogP contribution is 2.19. The second-order valence-corrected chi connectivity index (χ2v) is 5.90. The van der Waals surface area contributed by atoms with E-state index in [4.69, 9.17) is 4.42 Å². The molecular formula is C17H19N5O3. The summed E-state index contributed by atoms with van der Waals surface area (Å²) in [6.45, 7) is 6.49. The van der Waals surface area contributed by atoms with E-state index in [-0.39, 0.29) is 30.7 Å². The fourth-order valence-electron chi connectivity index (χ4n) is 2.62. The third-order valence-electron chi connectivity index (χ3n) is 3.97. The van der Waals surface area contributed by atoms with Crippen LogP contribution in [-0.4, -0.2) is 45.0 Å². The largest absolute Gasteiger partial charge is 0.419 e. The standard InChI is InChI=1S/C17H19N5O3/c1-3-6-22-10-13(7-15(22)23)16(24)19-9-14-20-21-17(25-14)12-5-4-11(2)18-8-12/h3-5,8,13H,1,6-7,9-10H2,2H3,(H,19,24). The minimum Gasteiger partial charge on any atom is -0.419 e. The minimum atomic E-state index is -0.365. The molecule has 0 aromatic carbocycles. The molecule has 25 heavy (non-hydrogen) atoms. The maximum Gasteiger partial charge on any atom is 0.249 e. The Morgan fingerprint density at radius 2 is 2.32 bits per heavy atom. The Morgan fingerprint density at radius 3 is 3.04 bits per heavy atom. The van der Waals surface area contributed by atoms with E-state index in [1.807, 2.05) is 19.1 Å². The minimum absolute atomic E-state index is 0.0352. The van der Waals surface area contributed by atoms with E-state index in [2.05, 4.69) is 27.1 Å². The predicted molar refractivity (Wildman–Crippen MR) is 89.0 cm³/mol. The molecule has 1 unspecified atom stereocenters. The SMILES string of the molecule is C=CCN1CC(C(=O)NCc2nnc(-c3ccc(C)nc3)o2)CC1=O. The number of nitrogens with one attached hydrogen (secondary N) is 1. The number of hydrogen-bond donors (Lipinski definition) is 1. The quantitative estimate of drug-likeness (QED) is 0.789. The van der Waals surface area contributed by atoms with Gasteiger partial charge < -0.3 is 14.6 Å². The predicted octanol–water partition coefficient (Wildman–Crippen LogP) is 1.09. The molecule has 130 valence electrons. The van der Waals surface area contributed by atoms with Crippen molar-refractivity contribution in [3.05, 3.63) is 42.6 Å². The van der Waals surface area contributed by atoms with Crippen LogP contribution in [0.25, 0.3) is 11.5 Å². The van der Waals surface area contributed by atoms with E-state index >= 15 is 0 Å². The lowest BCUT2D eigenvalue weighted by atomic mass is 10.1. The number of carbonyl (C=O) groups excluding carboxylic acids is 2. The summed E-state index contributed by atoms with van der Waals surface area (Å²) in [5.41, 5.74) is 1.62. The van der Waals surface area contributed by atoms with E-state index in [9.17, 15) is 9.59 Å². The molecule has 2 aromatic rings. The number of amides is 2. The van der Waals surface area contributed by atoms with Gasteiger partial charge in [-0.3, -0.25) is 14.6 Å². The number of hydrogen-bond acceptors (Lipinski definition) is 6. The summed E-state index contributed by atoms with van der Waals surface area (Å²) in [4.78, 5) is 29.8. The summed E-state index contributed by atoms with van der Waals surface area (Å²) < 4.78 is 5.54. The maximum atomic E-state index is 12.2. The van der Waals surface area contributed by atoms with Crippen molar-refractivity contribution in [2.24, 2.45) is 5.92 Å². The zero-order valence-corrected chi connectivity index (χ0v) is 13.9. The van der Waals surface area contributed by atoms with E-state index in [0.717, 1.165) is 11.3 Å². The van der Waals surface area contributed by atoms with E-state index in [1.165, 1.54) is 0 Å². The van der Waals surface area contributed by atoms with E-state index < -0.39 is 0 Å². The Balaban J connectivity index is 1.55. The van der Waals surface area contributed by atoms with Gasteiger partial charge in [0.15, 0.2) is 0 Å². The van der Waals surface area contributed by atoms with Crippen LogP contribution in [0.2, 0.25) is 0 Å². The van der Waals surface area contributed by atoms with Gasteiger partial charge in [0.05, 0.1) is 18.0 Å². The van der Waals surface area contributed by atoms with Crippen molar-refractivity contribution in [2.75, 3.05) is 13.1 Å². The first-order chi connectivity index (χ1) is 12.1. The Hall–Kier alpha value is -3.03. The number of nitrogens with zero attached hydrogens (tertiary/aromatic N) is 4. The molecule has 1 aliphatic rings. The van der Waals surface area contributed by atoms with Gasteiger partial charge in [0, 0.05) is 31.4 Å². The highest BCUT2D eigenvalue weighted by molar-refractivity contribution is 5.89. The van der Waals surface area contributed by atoms with Gasteiger partial charge >= 0.3 is 0 Å². The number of pyridine rings is 1. The number of aromatic nitrogens is 3. The molecular weight excluding hydrogens is 322 g/mol. The van der Waals surface area contributed by atoms with Crippen LogP contribution in [0.3, 0.4) is 0 Å². The normalized spacial score (nSPS) is 16.9. The summed E-state index contributed by atoms with van der Waals surface area (Å²) in [6, 6.07) is 3.70. The Kier molecular flexibility index (Phi) is 4.87. The third kappa shape index (κ3) is 3.90. The summed E-state index contributed by atoms with van der Waals surface area (Å²) in [6.07, 6.45) is 3.52. The zero-order valence-electron chi connectivity index (χ0n) is 13.9. The first kappa shape index (κ1) is 16.8. The fourth-order valence-corrected chi connectivity index (χ4v) is 2.62. The van der Waals surface area contributed by atoms with Crippen LogP contribution in [-0.2, 0) is 16.1 Å². The summed E-state index contributed by atoms with van der Waals surface area (Å²) in [7, 11) is 0. The number of rotatable bonds is 6. The zero-order chi connectivity index (χ0) is 17.8. The van der Waals surface area contributed by atoms with Gasteiger partial charge in [-0.25, -0.2) is 0 Å². The van der Waals surface area contributed by atoms with Crippen LogP contribution in [0.5, 0.6) is 0 Å². The van der Waals surface area contributed by atoms with Crippen molar-refractivity contribution in [3.8, 4) is 11.5 Å². The molecule has 0 saturated carbocycles. The third-order valence-corrected chi connectivity index (χ3v) is 3.97. The Morgan fingerprint density at radius 1 is 1.48 bits per heavy atom. The molecule has 8 heteroatoms. The lowest BCUT2D eigenvalue weighted by molar-refractivity contribution is -0.128. The van der Waals surface area contributed by atoms with Gasteiger partial charge in [-0.15, -0.1) is 16.8 Å². The molecule has 1 saturated heterocycles. The van der Waals surface area contributed by atoms with E-state index in [0.29, 0.717) is 24.9 Å². The van der Waals surface area contributed by atoms with E-state index in [1.54, 1.807) is 17.2 Å². The molecule has 8 nitrogen and oxygen atoms in total. The molecule has 3 heterocycles. The number of aryl methyl sites for hydroxylation is 1. The summed E-state index contributed by atoms with van der Waals surface area (Å²) in [5.74, 6) is 0.0564. The highest BCUT2D eigenvalue weighted by atomic mass is 16.4. The molecule has 1 aliphatic heterocycles.